The fourth-order valence-corrected chi connectivity index (χ4v) is 3.41. The lowest BCUT2D eigenvalue weighted by molar-refractivity contribution is -0.122. The Labute approximate surface area is 151 Å². The molecule has 3 aromatic rings. The zero-order valence-corrected chi connectivity index (χ0v) is 14.5. The van der Waals surface area contributed by atoms with Gasteiger partial charge < -0.3 is 9.88 Å². The Morgan fingerprint density at radius 3 is 2.65 bits per heavy atom. The predicted octanol–water partition coefficient (Wildman–Crippen LogP) is 2.86. The van der Waals surface area contributed by atoms with Gasteiger partial charge in [0.25, 0.3) is 0 Å². The van der Waals surface area contributed by atoms with Crippen LogP contribution in [0, 0.1) is 0 Å². The van der Waals surface area contributed by atoms with Gasteiger partial charge in [0, 0.05) is 6.42 Å². The molecule has 6 heteroatoms. The van der Waals surface area contributed by atoms with E-state index in [4.69, 9.17) is 0 Å². The summed E-state index contributed by atoms with van der Waals surface area (Å²) in [5.74, 6) is 0.178. The number of para-hydroxylation sites is 2. The number of nitrogens with one attached hydrogen (secondary N) is 2. The zero-order valence-electron chi connectivity index (χ0n) is 14.5. The first kappa shape index (κ1) is 16.3. The van der Waals surface area contributed by atoms with E-state index in [-0.39, 0.29) is 17.9 Å². The first-order valence-electron chi connectivity index (χ1n) is 8.75. The summed E-state index contributed by atoms with van der Waals surface area (Å²) in [6.45, 7) is 2.08. The second kappa shape index (κ2) is 6.63. The van der Waals surface area contributed by atoms with Crippen LogP contribution in [0.25, 0.3) is 11.0 Å². The Morgan fingerprint density at radius 2 is 1.92 bits per heavy atom. The van der Waals surface area contributed by atoms with Crippen LogP contribution in [0.2, 0.25) is 0 Å². The molecule has 2 unspecified atom stereocenters. The maximum atomic E-state index is 12.6. The molecule has 0 aliphatic carbocycles. The van der Waals surface area contributed by atoms with Crippen LogP contribution in [0.4, 0.5) is 5.95 Å². The summed E-state index contributed by atoms with van der Waals surface area (Å²) in [7, 11) is 0. The number of hydrogen-bond donors (Lipinski definition) is 2. The first-order chi connectivity index (χ1) is 12.6. The van der Waals surface area contributed by atoms with Gasteiger partial charge in [-0.1, -0.05) is 42.5 Å². The average molecular weight is 348 g/mol. The second-order valence-corrected chi connectivity index (χ2v) is 6.53. The lowest BCUT2D eigenvalue weighted by Crippen LogP contribution is -2.38. The number of benzene rings is 2. The van der Waals surface area contributed by atoms with Crippen molar-refractivity contribution >= 4 is 28.8 Å². The molecule has 1 fully saturated rings. The number of aromatic nitrogens is 2. The van der Waals surface area contributed by atoms with Gasteiger partial charge >= 0.3 is 0 Å². The molecule has 2 atom stereocenters. The molecule has 1 aromatic heterocycles. The standard InChI is InChI=1S/C20H20N4O2/c1-13(14-7-3-2-4-8-14)24-17-10-6-5-9-15(17)22-20(24)23-19(26)16-11-12-18(25)21-16/h2-10,13,16H,11-12H2,1H3,(H,21,25)(H,22,23,26). The van der Waals surface area contributed by atoms with E-state index in [1.165, 1.54) is 0 Å². The molecule has 1 saturated heterocycles. The Hall–Kier alpha value is -3.15. The van der Waals surface area contributed by atoms with E-state index >= 15 is 0 Å². The number of nitrogens with zero attached hydrogens (tertiary/aromatic N) is 2. The van der Waals surface area contributed by atoms with Gasteiger partial charge in [-0.3, -0.25) is 14.9 Å². The van der Waals surface area contributed by atoms with E-state index in [0.717, 1.165) is 16.6 Å². The molecule has 0 radical (unpaired) electrons. The van der Waals surface area contributed by atoms with Crippen molar-refractivity contribution in [3.05, 3.63) is 60.2 Å². The highest BCUT2D eigenvalue weighted by molar-refractivity contribution is 5.99. The van der Waals surface area contributed by atoms with Crippen LogP contribution in [0.1, 0.15) is 31.4 Å². The summed E-state index contributed by atoms with van der Waals surface area (Å²) in [4.78, 5) is 28.6. The molecule has 0 saturated carbocycles. The second-order valence-electron chi connectivity index (χ2n) is 6.53. The van der Waals surface area contributed by atoms with Gasteiger partial charge in [0.15, 0.2) is 0 Å². The molecule has 132 valence electrons. The quantitative estimate of drug-likeness (QED) is 0.761. The minimum Gasteiger partial charge on any atom is -0.344 e. The van der Waals surface area contributed by atoms with Gasteiger partial charge in [-0.2, -0.15) is 0 Å². The van der Waals surface area contributed by atoms with Crippen molar-refractivity contribution in [2.45, 2.75) is 31.8 Å². The number of rotatable bonds is 4. The molecule has 26 heavy (non-hydrogen) atoms. The molecule has 0 bridgehead atoms. The van der Waals surface area contributed by atoms with Crippen molar-refractivity contribution in [2.75, 3.05) is 5.32 Å². The van der Waals surface area contributed by atoms with Gasteiger partial charge in [-0.15, -0.1) is 0 Å². The normalized spacial score (nSPS) is 17.9. The zero-order chi connectivity index (χ0) is 18.1. The van der Waals surface area contributed by atoms with Crippen LogP contribution in [0.15, 0.2) is 54.6 Å². The Bertz CT molecular complexity index is 964. The van der Waals surface area contributed by atoms with Gasteiger partial charge in [-0.25, -0.2) is 4.98 Å². The highest BCUT2D eigenvalue weighted by atomic mass is 16.2. The van der Waals surface area contributed by atoms with E-state index in [9.17, 15) is 9.59 Å². The third-order valence-electron chi connectivity index (χ3n) is 4.81. The molecule has 2 aromatic carbocycles. The summed E-state index contributed by atoms with van der Waals surface area (Å²) >= 11 is 0. The monoisotopic (exact) mass is 348 g/mol. The van der Waals surface area contributed by atoms with Crippen molar-refractivity contribution in [3.63, 3.8) is 0 Å². The summed E-state index contributed by atoms with van der Waals surface area (Å²) in [6, 6.07) is 17.4. The smallest absolute Gasteiger partial charge is 0.249 e. The van der Waals surface area contributed by atoms with E-state index in [1.54, 1.807) is 0 Å². The van der Waals surface area contributed by atoms with Crippen LogP contribution in [0.3, 0.4) is 0 Å². The number of imidazole rings is 1. The number of hydrogen-bond acceptors (Lipinski definition) is 3. The molecule has 1 aliphatic rings. The molecular weight excluding hydrogens is 328 g/mol. The molecule has 2 amide bonds. The van der Waals surface area contributed by atoms with E-state index in [0.29, 0.717) is 18.8 Å². The van der Waals surface area contributed by atoms with Crippen molar-refractivity contribution < 1.29 is 9.59 Å². The maximum Gasteiger partial charge on any atom is 0.249 e. The fourth-order valence-electron chi connectivity index (χ4n) is 3.41. The summed E-state index contributed by atoms with van der Waals surface area (Å²) in [5, 5.41) is 5.61. The fraction of sp³-hybridized carbons (Fsp3) is 0.250. The SMILES string of the molecule is CC(c1ccccc1)n1c(NC(=O)C2CCC(=O)N2)nc2ccccc21. The number of carbonyl (C=O) groups excluding carboxylic acids is 2. The number of fused-ring (bicyclic) bond motifs is 1. The first-order valence-corrected chi connectivity index (χ1v) is 8.75. The summed E-state index contributed by atoms with van der Waals surface area (Å²) in [6.07, 6.45) is 0.897. The topological polar surface area (TPSA) is 76.0 Å². The highest BCUT2D eigenvalue weighted by Crippen LogP contribution is 2.28. The number of anilines is 1. The average Bonchev–Trinajstić information content (AvgIpc) is 3.25. The van der Waals surface area contributed by atoms with Crippen molar-refractivity contribution in [3.8, 4) is 0 Å². The highest BCUT2D eigenvalue weighted by Gasteiger charge is 2.29. The molecular formula is C20H20N4O2. The van der Waals surface area contributed by atoms with Crippen LogP contribution < -0.4 is 10.6 Å². The van der Waals surface area contributed by atoms with Crippen LogP contribution in [-0.4, -0.2) is 27.4 Å². The third-order valence-corrected chi connectivity index (χ3v) is 4.81. The number of amides is 2. The molecule has 6 nitrogen and oxygen atoms in total. The largest absolute Gasteiger partial charge is 0.344 e. The van der Waals surface area contributed by atoms with Crippen LogP contribution in [-0.2, 0) is 9.59 Å². The van der Waals surface area contributed by atoms with E-state index in [1.807, 2.05) is 47.0 Å². The van der Waals surface area contributed by atoms with Gasteiger partial charge in [0.05, 0.1) is 17.1 Å². The van der Waals surface area contributed by atoms with E-state index < -0.39 is 6.04 Å². The van der Waals surface area contributed by atoms with Crippen molar-refractivity contribution in [2.24, 2.45) is 0 Å². The van der Waals surface area contributed by atoms with Gasteiger partial charge in [0.2, 0.25) is 17.8 Å². The molecule has 2 heterocycles. The maximum absolute atomic E-state index is 12.6. The summed E-state index contributed by atoms with van der Waals surface area (Å²) in [5.41, 5.74) is 2.90. The van der Waals surface area contributed by atoms with Crippen LogP contribution >= 0.6 is 0 Å². The molecule has 4 rings (SSSR count). The predicted molar refractivity (Wildman–Crippen MR) is 99.8 cm³/mol. The minimum atomic E-state index is -0.497. The Kier molecular flexibility index (Phi) is 4.16. The molecule has 0 spiro atoms. The molecule has 1 aliphatic heterocycles. The van der Waals surface area contributed by atoms with E-state index in [2.05, 4.69) is 34.7 Å². The van der Waals surface area contributed by atoms with Crippen molar-refractivity contribution in [1.29, 1.82) is 0 Å². The molecule has 2 N–H and O–H groups in total. The Morgan fingerprint density at radius 1 is 1.19 bits per heavy atom. The minimum absolute atomic E-state index is 0.00271. The lowest BCUT2D eigenvalue weighted by Gasteiger charge is -2.19. The van der Waals surface area contributed by atoms with Gasteiger partial charge in [0.1, 0.15) is 6.04 Å². The lowest BCUT2D eigenvalue weighted by atomic mass is 10.1. The number of carbonyl (C=O) groups is 2. The van der Waals surface area contributed by atoms with Crippen molar-refractivity contribution in [1.82, 2.24) is 14.9 Å². The van der Waals surface area contributed by atoms with Crippen LogP contribution in [0.5, 0.6) is 0 Å². The third kappa shape index (κ3) is 2.94. The summed E-state index contributed by atoms with van der Waals surface area (Å²) < 4.78 is 2.03. The Balaban J connectivity index is 1.72. The van der Waals surface area contributed by atoms with Gasteiger partial charge in [-0.05, 0) is 31.0 Å².